The van der Waals surface area contributed by atoms with Crippen molar-refractivity contribution in [2.45, 2.75) is 0 Å². The molecule has 0 amide bonds. The first-order valence-electron chi connectivity index (χ1n) is 10.4. The summed E-state index contributed by atoms with van der Waals surface area (Å²) in [6.45, 7) is 0. The van der Waals surface area contributed by atoms with Gasteiger partial charge in [-0.2, -0.15) is 5.26 Å². The molecule has 0 saturated heterocycles. The second-order valence-corrected chi connectivity index (χ2v) is 7.83. The Balaban J connectivity index is 1.67. The van der Waals surface area contributed by atoms with E-state index in [1.807, 2.05) is 84.9 Å². The van der Waals surface area contributed by atoms with Gasteiger partial charge in [-0.05, 0) is 29.8 Å². The third kappa shape index (κ3) is 4.36. The maximum absolute atomic E-state index is 9.29. The second-order valence-electron chi connectivity index (χ2n) is 7.43. The summed E-state index contributed by atoms with van der Waals surface area (Å²) in [6.07, 6.45) is 0. The average Bonchev–Trinajstić information content (AvgIpc) is 2.90. The van der Waals surface area contributed by atoms with E-state index in [0.29, 0.717) is 28.1 Å². The molecule has 5 rings (SSSR count). The fraction of sp³-hybridized carbons (Fsp3) is 0. The van der Waals surface area contributed by atoms with E-state index in [1.165, 1.54) is 0 Å². The van der Waals surface area contributed by atoms with Gasteiger partial charge in [-0.3, -0.25) is 0 Å². The predicted molar refractivity (Wildman–Crippen MR) is 131 cm³/mol. The Kier molecular flexibility index (Phi) is 5.63. The van der Waals surface area contributed by atoms with Crippen molar-refractivity contribution in [2.75, 3.05) is 0 Å². The fourth-order valence-corrected chi connectivity index (χ4v) is 3.81. The molecule has 1 heterocycles. The molecule has 0 aliphatic rings. The number of benzene rings is 4. The summed E-state index contributed by atoms with van der Waals surface area (Å²) in [7, 11) is 0. The van der Waals surface area contributed by atoms with Crippen molar-refractivity contribution in [3.05, 3.63) is 114 Å². The highest BCUT2D eigenvalue weighted by atomic mass is 35.5. The van der Waals surface area contributed by atoms with Crippen LogP contribution < -0.4 is 0 Å². The third-order valence-corrected chi connectivity index (χ3v) is 5.56. The van der Waals surface area contributed by atoms with Crippen LogP contribution in [0.1, 0.15) is 5.56 Å². The van der Waals surface area contributed by atoms with E-state index in [4.69, 9.17) is 26.6 Å². The molecule has 0 saturated carbocycles. The van der Waals surface area contributed by atoms with Gasteiger partial charge in [0.05, 0.1) is 11.6 Å². The van der Waals surface area contributed by atoms with Gasteiger partial charge >= 0.3 is 0 Å². The van der Waals surface area contributed by atoms with Gasteiger partial charge in [0.25, 0.3) is 0 Å². The highest BCUT2D eigenvalue weighted by Gasteiger charge is 2.13. The zero-order valence-electron chi connectivity index (χ0n) is 17.5. The van der Waals surface area contributed by atoms with Gasteiger partial charge in [-0.1, -0.05) is 90.5 Å². The van der Waals surface area contributed by atoms with Crippen LogP contribution in [0.4, 0.5) is 0 Å². The van der Waals surface area contributed by atoms with Crippen LogP contribution in [0.5, 0.6) is 0 Å². The van der Waals surface area contributed by atoms with Crippen molar-refractivity contribution in [1.29, 1.82) is 5.26 Å². The van der Waals surface area contributed by atoms with E-state index >= 15 is 0 Å². The van der Waals surface area contributed by atoms with Crippen molar-refractivity contribution >= 4 is 11.6 Å². The summed E-state index contributed by atoms with van der Waals surface area (Å²) in [5.74, 6) is 1.78. The minimum Gasteiger partial charge on any atom is -0.208 e. The van der Waals surface area contributed by atoms with Crippen LogP contribution in [0.25, 0.3) is 45.3 Å². The molecule has 0 fully saturated rings. The highest BCUT2D eigenvalue weighted by Crippen LogP contribution is 2.32. The normalized spacial score (nSPS) is 10.5. The van der Waals surface area contributed by atoms with Gasteiger partial charge in [0.2, 0.25) is 0 Å². The van der Waals surface area contributed by atoms with Crippen LogP contribution in [-0.2, 0) is 0 Å². The smallest absolute Gasteiger partial charge is 0.164 e. The lowest BCUT2D eigenvalue weighted by Gasteiger charge is -2.10. The van der Waals surface area contributed by atoms with Crippen LogP contribution in [0.3, 0.4) is 0 Å². The molecule has 0 spiro atoms. The van der Waals surface area contributed by atoms with Crippen molar-refractivity contribution in [1.82, 2.24) is 15.0 Å². The molecule has 0 bridgehead atoms. The van der Waals surface area contributed by atoms with E-state index < -0.39 is 0 Å². The zero-order chi connectivity index (χ0) is 22.6. The first-order valence-corrected chi connectivity index (χ1v) is 10.8. The minimum absolute atomic E-state index is 0.553. The molecule has 0 unspecified atom stereocenters. The molecule has 0 aliphatic heterocycles. The number of aromatic nitrogens is 3. The fourth-order valence-electron chi connectivity index (χ4n) is 3.58. The van der Waals surface area contributed by atoms with E-state index in [9.17, 15) is 5.26 Å². The summed E-state index contributed by atoms with van der Waals surface area (Å²) >= 11 is 6.45. The Bertz CT molecular complexity index is 1420. The van der Waals surface area contributed by atoms with Crippen LogP contribution in [-0.4, -0.2) is 15.0 Å². The molecule has 5 aromatic rings. The molecule has 0 radical (unpaired) electrons. The molecular formula is C28H17ClN4. The number of hydrogen-bond donors (Lipinski definition) is 0. The third-order valence-electron chi connectivity index (χ3n) is 5.23. The predicted octanol–water partition coefficient (Wildman–Crippen LogP) is 7.06. The Morgan fingerprint density at radius 3 is 1.64 bits per heavy atom. The summed E-state index contributed by atoms with van der Waals surface area (Å²) in [4.78, 5) is 14.3. The van der Waals surface area contributed by atoms with E-state index in [0.717, 1.165) is 27.8 Å². The largest absolute Gasteiger partial charge is 0.208 e. The Morgan fingerprint density at radius 2 is 1.06 bits per heavy atom. The summed E-state index contributed by atoms with van der Waals surface area (Å²) in [5.41, 5.74) is 4.90. The van der Waals surface area contributed by atoms with Gasteiger partial charge in [0, 0.05) is 27.3 Å². The molecule has 1 aromatic heterocycles. The van der Waals surface area contributed by atoms with E-state index in [2.05, 4.69) is 6.07 Å². The quantitative estimate of drug-likeness (QED) is 0.297. The van der Waals surface area contributed by atoms with Crippen LogP contribution in [0.15, 0.2) is 103 Å². The number of rotatable bonds is 4. The molecule has 5 heteroatoms. The Labute approximate surface area is 196 Å². The topological polar surface area (TPSA) is 62.5 Å². The lowest BCUT2D eigenvalue weighted by molar-refractivity contribution is 1.07. The number of hydrogen-bond acceptors (Lipinski definition) is 4. The van der Waals surface area contributed by atoms with Crippen molar-refractivity contribution in [3.63, 3.8) is 0 Å². The average molecular weight is 445 g/mol. The lowest BCUT2D eigenvalue weighted by atomic mass is 10.0. The minimum atomic E-state index is 0.553. The summed E-state index contributed by atoms with van der Waals surface area (Å²) in [5, 5.41) is 9.87. The molecule has 4 nitrogen and oxygen atoms in total. The van der Waals surface area contributed by atoms with Crippen molar-refractivity contribution < 1.29 is 0 Å². The highest BCUT2D eigenvalue weighted by molar-refractivity contribution is 6.33. The van der Waals surface area contributed by atoms with Crippen LogP contribution >= 0.6 is 11.6 Å². The van der Waals surface area contributed by atoms with E-state index in [-0.39, 0.29) is 0 Å². The van der Waals surface area contributed by atoms with Gasteiger partial charge in [0.1, 0.15) is 0 Å². The van der Waals surface area contributed by atoms with Gasteiger partial charge in [0.15, 0.2) is 17.5 Å². The molecule has 0 atom stereocenters. The molecule has 0 aliphatic carbocycles. The summed E-state index contributed by atoms with van der Waals surface area (Å²) < 4.78 is 0. The first-order chi connectivity index (χ1) is 16.2. The van der Waals surface area contributed by atoms with Crippen LogP contribution in [0.2, 0.25) is 5.02 Å². The first kappa shape index (κ1) is 20.6. The Morgan fingerprint density at radius 1 is 0.545 bits per heavy atom. The van der Waals surface area contributed by atoms with Crippen molar-refractivity contribution in [3.8, 4) is 51.4 Å². The lowest BCUT2D eigenvalue weighted by Crippen LogP contribution is -2.00. The number of halogens is 1. The second kappa shape index (κ2) is 9.04. The number of nitrogens with zero attached hydrogens (tertiary/aromatic N) is 4. The SMILES string of the molecule is N#Cc1ccc(Cl)c(-c2cccc(-c3nc(-c4ccccc4)nc(-c4ccccc4)n3)c2)c1. The van der Waals surface area contributed by atoms with E-state index in [1.54, 1.807) is 18.2 Å². The maximum Gasteiger partial charge on any atom is 0.164 e. The van der Waals surface area contributed by atoms with Crippen LogP contribution in [0, 0.1) is 11.3 Å². The molecule has 4 aromatic carbocycles. The Hall–Kier alpha value is -4.33. The van der Waals surface area contributed by atoms with Gasteiger partial charge < -0.3 is 0 Å². The summed E-state index contributed by atoms with van der Waals surface area (Å²) in [6, 6.07) is 35.0. The number of nitriles is 1. The monoisotopic (exact) mass is 444 g/mol. The zero-order valence-corrected chi connectivity index (χ0v) is 18.2. The molecule has 156 valence electrons. The van der Waals surface area contributed by atoms with Gasteiger partial charge in [-0.25, -0.2) is 15.0 Å². The molecule has 0 N–H and O–H groups in total. The standard InChI is InChI=1S/C28H17ClN4/c29-25-15-14-19(18-30)16-24(25)22-12-7-13-23(17-22)28-32-26(20-8-3-1-4-9-20)31-27(33-28)21-10-5-2-6-11-21/h1-17H. The molecular weight excluding hydrogens is 428 g/mol. The maximum atomic E-state index is 9.29. The van der Waals surface area contributed by atoms with Gasteiger partial charge in [-0.15, -0.1) is 0 Å². The van der Waals surface area contributed by atoms with Crippen molar-refractivity contribution in [2.24, 2.45) is 0 Å². The molecule has 33 heavy (non-hydrogen) atoms.